The molecule has 1 amide bonds. The number of amides is 1. The Kier molecular flexibility index (Phi) is 5.37. The van der Waals surface area contributed by atoms with Gasteiger partial charge in [-0.15, -0.1) is 11.8 Å². The van der Waals surface area contributed by atoms with Gasteiger partial charge in [-0.05, 0) is 56.7 Å². The van der Waals surface area contributed by atoms with E-state index >= 15 is 0 Å². The van der Waals surface area contributed by atoms with E-state index in [-0.39, 0.29) is 11.7 Å². The molecule has 0 spiro atoms. The van der Waals surface area contributed by atoms with E-state index in [1.165, 1.54) is 23.9 Å². The number of thioether (sulfide) groups is 1. The van der Waals surface area contributed by atoms with Crippen LogP contribution in [0.25, 0.3) is 0 Å². The molecule has 0 unspecified atom stereocenters. The second-order valence-corrected chi connectivity index (χ2v) is 6.82. The van der Waals surface area contributed by atoms with Gasteiger partial charge < -0.3 is 9.84 Å². The van der Waals surface area contributed by atoms with Crippen molar-refractivity contribution in [3.63, 3.8) is 0 Å². The summed E-state index contributed by atoms with van der Waals surface area (Å²) in [5, 5.41) is 7.38. The van der Waals surface area contributed by atoms with Crippen LogP contribution in [0, 0.1) is 26.6 Å². The molecule has 2 aromatic heterocycles. The molecule has 1 N–H and O–H groups in total. The van der Waals surface area contributed by atoms with Gasteiger partial charge in [0.05, 0.1) is 11.3 Å². The topological polar surface area (TPSA) is 68.0 Å². The van der Waals surface area contributed by atoms with Crippen molar-refractivity contribution in [3.05, 3.63) is 70.5 Å². The zero-order valence-corrected chi connectivity index (χ0v) is 15.5. The Morgan fingerprint density at radius 3 is 2.77 bits per heavy atom. The molecule has 1 aromatic carbocycles. The van der Waals surface area contributed by atoms with E-state index in [0.29, 0.717) is 27.6 Å². The number of rotatable bonds is 5. The summed E-state index contributed by atoms with van der Waals surface area (Å²) in [7, 11) is 0. The maximum absolute atomic E-state index is 13.2. The van der Waals surface area contributed by atoms with Crippen LogP contribution in [0.5, 0.6) is 0 Å². The van der Waals surface area contributed by atoms with Crippen LogP contribution >= 0.6 is 11.8 Å². The molecule has 0 saturated carbocycles. The summed E-state index contributed by atoms with van der Waals surface area (Å²) in [6.07, 6.45) is 1.65. The quantitative estimate of drug-likeness (QED) is 0.660. The summed E-state index contributed by atoms with van der Waals surface area (Å²) in [4.78, 5) is 17.0. The third-order valence-corrected chi connectivity index (χ3v) is 5.02. The molecule has 2 heterocycles. The molecule has 0 fully saturated rings. The van der Waals surface area contributed by atoms with Crippen LogP contribution in [0.2, 0.25) is 0 Å². The molecule has 0 saturated heterocycles. The standard InChI is InChI=1S/C19H18FN3O2S/c1-11-9-14(20)6-7-17(11)22-18(24)15-5-4-8-21-19(15)26-10-16-12(2)23-25-13(16)3/h4-9H,10H2,1-3H3,(H,22,24). The molecule has 134 valence electrons. The van der Waals surface area contributed by atoms with E-state index in [0.717, 1.165) is 17.0 Å². The van der Waals surface area contributed by atoms with E-state index in [2.05, 4.69) is 15.5 Å². The van der Waals surface area contributed by atoms with Gasteiger partial charge in [0.25, 0.3) is 5.91 Å². The van der Waals surface area contributed by atoms with Crippen LogP contribution in [-0.4, -0.2) is 16.0 Å². The first-order valence-electron chi connectivity index (χ1n) is 8.02. The minimum absolute atomic E-state index is 0.283. The average Bonchev–Trinajstić information content (AvgIpc) is 2.94. The minimum Gasteiger partial charge on any atom is -0.361 e. The summed E-state index contributed by atoms with van der Waals surface area (Å²) in [6, 6.07) is 7.68. The van der Waals surface area contributed by atoms with Crippen molar-refractivity contribution in [2.45, 2.75) is 31.6 Å². The number of nitrogens with zero attached hydrogens (tertiary/aromatic N) is 2. The summed E-state index contributed by atoms with van der Waals surface area (Å²) in [5.74, 6) is 0.749. The van der Waals surface area contributed by atoms with Gasteiger partial charge in [-0.2, -0.15) is 0 Å². The first-order valence-corrected chi connectivity index (χ1v) is 9.01. The lowest BCUT2D eigenvalue weighted by molar-refractivity contribution is 0.102. The highest BCUT2D eigenvalue weighted by Crippen LogP contribution is 2.28. The highest BCUT2D eigenvalue weighted by molar-refractivity contribution is 7.98. The number of pyridine rings is 1. The molecule has 3 rings (SSSR count). The van der Waals surface area contributed by atoms with Gasteiger partial charge in [-0.1, -0.05) is 5.16 Å². The molecule has 0 bridgehead atoms. The predicted octanol–water partition coefficient (Wildman–Crippen LogP) is 4.68. The van der Waals surface area contributed by atoms with Crippen molar-refractivity contribution in [2.24, 2.45) is 0 Å². The molecule has 0 atom stereocenters. The second-order valence-electron chi connectivity index (χ2n) is 5.86. The van der Waals surface area contributed by atoms with Gasteiger partial charge in [0.15, 0.2) is 0 Å². The van der Waals surface area contributed by atoms with E-state index in [4.69, 9.17) is 4.52 Å². The van der Waals surface area contributed by atoms with Gasteiger partial charge in [0.2, 0.25) is 0 Å². The maximum Gasteiger partial charge on any atom is 0.258 e. The maximum atomic E-state index is 13.2. The van der Waals surface area contributed by atoms with Gasteiger partial charge in [-0.25, -0.2) is 9.37 Å². The fourth-order valence-electron chi connectivity index (χ4n) is 2.48. The number of aryl methyl sites for hydroxylation is 3. The van der Waals surface area contributed by atoms with Crippen molar-refractivity contribution in [2.75, 3.05) is 5.32 Å². The highest BCUT2D eigenvalue weighted by Gasteiger charge is 2.16. The largest absolute Gasteiger partial charge is 0.361 e. The number of halogens is 1. The van der Waals surface area contributed by atoms with Crippen molar-refractivity contribution < 1.29 is 13.7 Å². The zero-order valence-electron chi connectivity index (χ0n) is 14.7. The lowest BCUT2D eigenvalue weighted by Crippen LogP contribution is -2.14. The normalized spacial score (nSPS) is 10.8. The highest BCUT2D eigenvalue weighted by atomic mass is 32.2. The van der Waals surface area contributed by atoms with Crippen molar-refractivity contribution in [3.8, 4) is 0 Å². The number of benzene rings is 1. The number of aromatic nitrogens is 2. The molecule has 0 radical (unpaired) electrons. The predicted molar refractivity (Wildman–Crippen MR) is 98.9 cm³/mol. The third-order valence-electron chi connectivity index (χ3n) is 3.99. The van der Waals surface area contributed by atoms with E-state index < -0.39 is 0 Å². The Morgan fingerprint density at radius 2 is 2.08 bits per heavy atom. The van der Waals surface area contributed by atoms with Crippen LogP contribution in [-0.2, 0) is 5.75 Å². The average molecular weight is 371 g/mol. The van der Waals surface area contributed by atoms with Gasteiger partial charge in [0.1, 0.15) is 16.6 Å². The summed E-state index contributed by atoms with van der Waals surface area (Å²) in [6.45, 7) is 5.49. The van der Waals surface area contributed by atoms with E-state index in [9.17, 15) is 9.18 Å². The number of anilines is 1. The second kappa shape index (κ2) is 7.70. The molecule has 7 heteroatoms. The van der Waals surface area contributed by atoms with Gasteiger partial charge in [-0.3, -0.25) is 4.79 Å². The van der Waals surface area contributed by atoms with E-state index in [1.807, 2.05) is 13.8 Å². The fraction of sp³-hybridized carbons (Fsp3) is 0.211. The Bertz CT molecular complexity index is 936. The van der Waals surface area contributed by atoms with Crippen LogP contribution in [0.4, 0.5) is 10.1 Å². The molecular formula is C19H18FN3O2S. The molecule has 26 heavy (non-hydrogen) atoms. The Labute approximate surface area is 155 Å². The number of nitrogens with one attached hydrogen (secondary N) is 1. The molecule has 0 aliphatic carbocycles. The van der Waals surface area contributed by atoms with E-state index in [1.54, 1.807) is 31.3 Å². The smallest absolute Gasteiger partial charge is 0.258 e. The zero-order chi connectivity index (χ0) is 18.7. The van der Waals surface area contributed by atoms with Crippen molar-refractivity contribution in [1.29, 1.82) is 0 Å². The molecule has 3 aromatic rings. The SMILES string of the molecule is Cc1cc(F)ccc1NC(=O)c1cccnc1SCc1c(C)noc1C. The summed E-state index contributed by atoms with van der Waals surface area (Å²) in [5.41, 5.74) is 3.53. The van der Waals surface area contributed by atoms with Gasteiger partial charge >= 0.3 is 0 Å². The Balaban J connectivity index is 1.79. The van der Waals surface area contributed by atoms with Crippen molar-refractivity contribution in [1.82, 2.24) is 10.1 Å². The molecule has 0 aliphatic heterocycles. The Morgan fingerprint density at radius 1 is 1.27 bits per heavy atom. The van der Waals surface area contributed by atoms with Gasteiger partial charge in [0, 0.05) is 23.2 Å². The van der Waals surface area contributed by atoms with Crippen molar-refractivity contribution >= 4 is 23.4 Å². The summed E-state index contributed by atoms with van der Waals surface area (Å²) < 4.78 is 18.4. The number of hydrogen-bond donors (Lipinski definition) is 1. The first kappa shape index (κ1) is 18.1. The number of carbonyl (C=O) groups is 1. The van der Waals surface area contributed by atoms with Crippen LogP contribution in [0.3, 0.4) is 0 Å². The molecule has 0 aliphatic rings. The number of hydrogen-bond acceptors (Lipinski definition) is 5. The lowest BCUT2D eigenvalue weighted by Gasteiger charge is -2.11. The molecular weight excluding hydrogens is 353 g/mol. The summed E-state index contributed by atoms with van der Waals surface area (Å²) >= 11 is 1.45. The van der Waals surface area contributed by atoms with Crippen LogP contribution in [0.15, 0.2) is 46.1 Å². The lowest BCUT2D eigenvalue weighted by atomic mass is 10.2. The van der Waals surface area contributed by atoms with Crippen LogP contribution < -0.4 is 5.32 Å². The monoisotopic (exact) mass is 371 g/mol. The first-order chi connectivity index (χ1) is 12.5. The Hall–Kier alpha value is -2.67. The third kappa shape index (κ3) is 3.94. The minimum atomic E-state index is -0.336. The molecule has 5 nitrogen and oxygen atoms in total. The number of carbonyl (C=O) groups excluding carboxylic acids is 1. The van der Waals surface area contributed by atoms with Crippen LogP contribution in [0.1, 0.15) is 32.9 Å². The fourth-order valence-corrected chi connectivity index (χ4v) is 3.63.